The molecule has 1 spiro atoms. The van der Waals surface area contributed by atoms with Crippen molar-refractivity contribution in [2.75, 3.05) is 6.54 Å². The Hall–Kier alpha value is -1.22. The van der Waals surface area contributed by atoms with Gasteiger partial charge < -0.3 is 19.5 Å². The Morgan fingerprint density at radius 2 is 1.87 bits per heavy atom. The van der Waals surface area contributed by atoms with Crippen LogP contribution in [0.3, 0.4) is 0 Å². The van der Waals surface area contributed by atoms with Gasteiger partial charge in [-0.15, -0.1) is 0 Å². The number of nitrogens with one attached hydrogen (secondary N) is 1. The molecule has 4 aliphatic heterocycles. The maximum absolute atomic E-state index is 12.5. The average Bonchev–Trinajstić information content (AvgIpc) is 2.94. The molecule has 1 aliphatic carbocycles. The van der Waals surface area contributed by atoms with E-state index in [1.54, 1.807) is 0 Å². The third kappa shape index (κ3) is 4.24. The van der Waals surface area contributed by atoms with Gasteiger partial charge in [0.25, 0.3) is 0 Å². The zero-order valence-electron chi connectivity index (χ0n) is 19.3. The molecule has 0 radical (unpaired) electrons. The van der Waals surface area contributed by atoms with Gasteiger partial charge in [-0.25, -0.2) is 9.78 Å². The fourth-order valence-corrected chi connectivity index (χ4v) is 5.82. The Labute approximate surface area is 184 Å². The van der Waals surface area contributed by atoms with Gasteiger partial charge in [-0.3, -0.25) is 9.59 Å². The summed E-state index contributed by atoms with van der Waals surface area (Å²) in [7, 11) is 0. The normalized spacial score (nSPS) is 43.8. The van der Waals surface area contributed by atoms with Crippen molar-refractivity contribution in [2.45, 2.75) is 97.1 Å². The second kappa shape index (κ2) is 8.61. The van der Waals surface area contributed by atoms with E-state index >= 15 is 0 Å². The Bertz CT molecular complexity index is 699. The summed E-state index contributed by atoms with van der Waals surface area (Å²) in [5, 5.41) is 2.82. The molecular formula is C23H37NO7. The highest BCUT2D eigenvalue weighted by molar-refractivity contribution is 5.81. The summed E-state index contributed by atoms with van der Waals surface area (Å²) in [6.45, 7) is 10.8. The predicted molar refractivity (Wildman–Crippen MR) is 110 cm³/mol. The molecule has 176 valence electrons. The maximum atomic E-state index is 12.5. The van der Waals surface area contributed by atoms with Crippen molar-refractivity contribution in [3.8, 4) is 0 Å². The van der Waals surface area contributed by atoms with E-state index in [-0.39, 0.29) is 36.5 Å². The molecule has 5 aliphatic rings. The Balaban J connectivity index is 1.43. The van der Waals surface area contributed by atoms with Gasteiger partial charge in [0.15, 0.2) is 11.9 Å². The number of hydrogen-bond donors (Lipinski definition) is 1. The highest BCUT2D eigenvalue weighted by Gasteiger charge is 2.69. The Morgan fingerprint density at radius 1 is 1.10 bits per heavy atom. The van der Waals surface area contributed by atoms with Gasteiger partial charge in [0.1, 0.15) is 0 Å². The molecule has 31 heavy (non-hydrogen) atoms. The largest absolute Gasteiger partial charge is 0.435 e. The van der Waals surface area contributed by atoms with Crippen LogP contribution in [0.15, 0.2) is 0 Å². The summed E-state index contributed by atoms with van der Waals surface area (Å²) in [6.07, 6.45) is 2.47. The number of carbonyl (C=O) groups excluding carboxylic acids is 2. The molecule has 4 saturated heterocycles. The highest BCUT2D eigenvalue weighted by Crippen LogP contribution is 2.60. The number of fused-ring (bicyclic) bond motifs is 2. The van der Waals surface area contributed by atoms with Crippen molar-refractivity contribution in [1.29, 1.82) is 0 Å². The quantitative estimate of drug-likeness (QED) is 0.501. The molecule has 1 unspecified atom stereocenters. The van der Waals surface area contributed by atoms with Gasteiger partial charge in [-0.1, -0.05) is 27.7 Å². The van der Waals surface area contributed by atoms with Crippen LogP contribution < -0.4 is 5.32 Å². The van der Waals surface area contributed by atoms with Crippen LogP contribution in [0.2, 0.25) is 0 Å². The molecule has 5 fully saturated rings. The minimum Gasteiger partial charge on any atom is -0.435 e. The second-order valence-corrected chi connectivity index (χ2v) is 10.5. The maximum Gasteiger partial charge on any atom is 0.308 e. The first-order valence-electron chi connectivity index (χ1n) is 11.8. The summed E-state index contributed by atoms with van der Waals surface area (Å²) < 4.78 is 18.2. The lowest BCUT2D eigenvalue weighted by molar-refractivity contribution is -0.576. The average molecular weight is 440 g/mol. The SMILES string of the molecule is CC(C)CNC(=O)CCC(=O)O[C@@H]1O[C@@H]2O[C@]3(C)CC[C@H]4[C@H](C)CC[C@@H]([C@H]1C)C24OO3. The lowest BCUT2D eigenvalue weighted by Crippen LogP contribution is -2.70. The van der Waals surface area contributed by atoms with E-state index in [0.717, 1.165) is 25.7 Å². The summed E-state index contributed by atoms with van der Waals surface area (Å²) >= 11 is 0. The van der Waals surface area contributed by atoms with E-state index < -0.39 is 29.9 Å². The van der Waals surface area contributed by atoms with E-state index in [2.05, 4.69) is 12.2 Å². The predicted octanol–water partition coefficient (Wildman–Crippen LogP) is 3.29. The van der Waals surface area contributed by atoms with Crippen molar-refractivity contribution < 1.29 is 33.6 Å². The molecule has 0 aromatic heterocycles. The molecule has 8 atom stereocenters. The van der Waals surface area contributed by atoms with E-state index in [9.17, 15) is 9.59 Å². The zero-order valence-corrected chi connectivity index (χ0v) is 19.3. The minimum atomic E-state index is -0.860. The summed E-state index contributed by atoms with van der Waals surface area (Å²) in [4.78, 5) is 36.3. The van der Waals surface area contributed by atoms with Crippen molar-refractivity contribution in [3.05, 3.63) is 0 Å². The van der Waals surface area contributed by atoms with Gasteiger partial charge in [-0.2, -0.15) is 0 Å². The van der Waals surface area contributed by atoms with Gasteiger partial charge in [0, 0.05) is 31.2 Å². The van der Waals surface area contributed by atoms with Crippen LogP contribution in [0.1, 0.15) is 73.1 Å². The molecular weight excluding hydrogens is 402 g/mol. The van der Waals surface area contributed by atoms with Crippen LogP contribution in [-0.2, 0) is 33.6 Å². The van der Waals surface area contributed by atoms with Crippen LogP contribution >= 0.6 is 0 Å². The standard InChI is InChI=1S/C23H37NO7/c1-13(2)12-24-18(25)8-9-19(26)27-20-15(4)17-7-6-14(3)16-10-11-22(5)29-21(28-20)23(16,17)31-30-22/h13-17,20-21H,6-12H2,1-5H3,(H,24,25)/t14-,15-,16+,17+,20-,21-,22+,23?/m1/s1. The summed E-state index contributed by atoms with van der Waals surface area (Å²) in [5.41, 5.74) is -0.674. The van der Waals surface area contributed by atoms with E-state index in [4.69, 9.17) is 24.0 Å². The number of rotatable bonds is 6. The second-order valence-electron chi connectivity index (χ2n) is 10.5. The number of ether oxygens (including phenoxy) is 3. The first-order chi connectivity index (χ1) is 14.6. The van der Waals surface area contributed by atoms with Crippen molar-refractivity contribution in [3.63, 3.8) is 0 Å². The Morgan fingerprint density at radius 3 is 2.61 bits per heavy atom. The first kappa shape index (κ1) is 23.0. The Kier molecular flexibility index (Phi) is 6.38. The zero-order chi connectivity index (χ0) is 22.4. The van der Waals surface area contributed by atoms with Crippen LogP contribution in [0.5, 0.6) is 0 Å². The molecule has 2 bridgehead atoms. The molecule has 5 rings (SSSR count). The van der Waals surface area contributed by atoms with Crippen LogP contribution in [0.25, 0.3) is 0 Å². The van der Waals surface area contributed by atoms with Gasteiger partial charge >= 0.3 is 5.97 Å². The van der Waals surface area contributed by atoms with Gasteiger partial charge in [-0.05, 0) is 43.9 Å². The van der Waals surface area contributed by atoms with E-state index in [1.165, 1.54) is 0 Å². The van der Waals surface area contributed by atoms with Gasteiger partial charge in [0.2, 0.25) is 18.0 Å². The molecule has 8 nitrogen and oxygen atoms in total. The third-order valence-electron chi connectivity index (χ3n) is 7.61. The fourth-order valence-electron chi connectivity index (χ4n) is 5.82. The van der Waals surface area contributed by atoms with Crippen LogP contribution in [-0.4, -0.2) is 42.4 Å². The lowest BCUT2D eigenvalue weighted by Gasteiger charge is -2.59. The van der Waals surface area contributed by atoms with Gasteiger partial charge in [0.05, 0.1) is 6.42 Å². The molecule has 0 aromatic carbocycles. The van der Waals surface area contributed by atoms with Crippen LogP contribution in [0, 0.1) is 29.6 Å². The molecule has 8 heteroatoms. The van der Waals surface area contributed by atoms with Crippen molar-refractivity contribution in [2.24, 2.45) is 29.6 Å². The smallest absolute Gasteiger partial charge is 0.308 e. The first-order valence-corrected chi connectivity index (χ1v) is 11.8. The molecule has 1 saturated carbocycles. The van der Waals surface area contributed by atoms with Crippen molar-refractivity contribution in [1.82, 2.24) is 5.32 Å². The summed E-state index contributed by atoms with van der Waals surface area (Å²) in [5.74, 6) is -0.299. The lowest BCUT2D eigenvalue weighted by atomic mass is 9.58. The van der Waals surface area contributed by atoms with E-state index in [0.29, 0.717) is 18.4 Å². The molecule has 4 heterocycles. The molecule has 1 amide bonds. The number of amides is 1. The number of hydrogen-bond acceptors (Lipinski definition) is 7. The molecule has 1 N–H and O–H groups in total. The highest BCUT2D eigenvalue weighted by atomic mass is 17.3. The topological polar surface area (TPSA) is 92.3 Å². The third-order valence-corrected chi connectivity index (χ3v) is 7.61. The summed E-state index contributed by atoms with van der Waals surface area (Å²) in [6, 6.07) is 0. The number of carbonyl (C=O) groups is 2. The monoisotopic (exact) mass is 439 g/mol. The van der Waals surface area contributed by atoms with Crippen molar-refractivity contribution >= 4 is 11.9 Å². The van der Waals surface area contributed by atoms with E-state index in [1.807, 2.05) is 27.7 Å². The number of esters is 1. The van der Waals surface area contributed by atoms with Crippen LogP contribution in [0.4, 0.5) is 0 Å². The fraction of sp³-hybridized carbons (Fsp3) is 0.913. The minimum absolute atomic E-state index is 0.0226. The molecule has 0 aromatic rings.